The summed E-state index contributed by atoms with van der Waals surface area (Å²) in [6, 6.07) is 2.65. The van der Waals surface area contributed by atoms with E-state index in [1.165, 1.54) is 12.3 Å². The minimum atomic E-state index is -4.42. The van der Waals surface area contributed by atoms with Gasteiger partial charge in [0.15, 0.2) is 6.29 Å². The highest BCUT2D eigenvalue weighted by molar-refractivity contribution is 8.18. The maximum Gasteiger partial charge on any atom is 0.418 e. The summed E-state index contributed by atoms with van der Waals surface area (Å²) in [4.78, 5) is 31.6. The molecule has 2 aliphatic heterocycles. The van der Waals surface area contributed by atoms with Gasteiger partial charge in [0.1, 0.15) is 0 Å². The van der Waals surface area contributed by atoms with Crippen LogP contribution in [0.25, 0.3) is 0 Å². The molecule has 0 radical (unpaired) electrons. The topological polar surface area (TPSA) is 108 Å². The molecule has 3 heterocycles. The van der Waals surface area contributed by atoms with Gasteiger partial charge in [-0.3, -0.25) is 30.2 Å². The summed E-state index contributed by atoms with van der Waals surface area (Å²) in [6.45, 7) is 0.0732. The predicted octanol–water partition coefficient (Wildman–Crippen LogP) is 2.80. The molecule has 1 saturated carbocycles. The van der Waals surface area contributed by atoms with Crippen LogP contribution in [0.5, 0.6) is 0 Å². The van der Waals surface area contributed by atoms with Gasteiger partial charge in [-0.25, -0.2) is 0 Å². The standard InChI is InChI=1S/C21H23F3N6O2S/c22-21(23,24)15-2-1-8-25-16(15)11-27-12-3-5-13(6-4-12)28-19-26-9-7-14(29-19)10-17-18(31)30-20(32)33-17/h1-2,7-10,12-13,19,27-29H,3-6,11H2,(H,30,31,32)/b17-10-. The Morgan fingerprint density at radius 3 is 2.64 bits per heavy atom. The van der Waals surface area contributed by atoms with Crippen molar-refractivity contribution in [3.05, 3.63) is 52.3 Å². The van der Waals surface area contributed by atoms with E-state index in [0.29, 0.717) is 10.6 Å². The van der Waals surface area contributed by atoms with E-state index in [1.807, 2.05) is 0 Å². The molecule has 0 bridgehead atoms. The van der Waals surface area contributed by atoms with Gasteiger partial charge in [0.05, 0.1) is 16.2 Å². The number of amides is 2. The molecule has 176 valence electrons. The van der Waals surface area contributed by atoms with Gasteiger partial charge in [0, 0.05) is 36.7 Å². The molecule has 1 aliphatic carbocycles. The number of rotatable bonds is 6. The van der Waals surface area contributed by atoms with Crippen LogP contribution >= 0.6 is 11.8 Å². The number of aliphatic imine (C=N–C) groups is 1. The van der Waals surface area contributed by atoms with Crippen LogP contribution in [0, 0.1) is 0 Å². The van der Waals surface area contributed by atoms with Crippen LogP contribution in [-0.4, -0.2) is 40.7 Å². The number of hydrogen-bond donors (Lipinski definition) is 4. The largest absolute Gasteiger partial charge is 0.418 e. The highest BCUT2D eigenvalue weighted by Gasteiger charge is 2.34. The third kappa shape index (κ3) is 6.21. The quantitative estimate of drug-likeness (QED) is 0.464. The summed E-state index contributed by atoms with van der Waals surface area (Å²) >= 11 is 0.852. The number of nitrogens with zero attached hydrogens (tertiary/aromatic N) is 2. The maximum absolute atomic E-state index is 13.1. The van der Waals surface area contributed by atoms with Crippen molar-refractivity contribution in [1.82, 2.24) is 26.3 Å². The van der Waals surface area contributed by atoms with E-state index < -0.39 is 22.9 Å². The molecule has 1 aromatic rings. The van der Waals surface area contributed by atoms with E-state index in [1.54, 1.807) is 18.4 Å². The van der Waals surface area contributed by atoms with Gasteiger partial charge in [-0.15, -0.1) is 0 Å². The van der Waals surface area contributed by atoms with Crippen molar-refractivity contribution >= 4 is 29.1 Å². The molecule has 4 N–H and O–H groups in total. The van der Waals surface area contributed by atoms with E-state index >= 15 is 0 Å². The highest BCUT2D eigenvalue weighted by Crippen LogP contribution is 2.31. The predicted molar refractivity (Wildman–Crippen MR) is 118 cm³/mol. The first-order valence-electron chi connectivity index (χ1n) is 10.5. The zero-order valence-electron chi connectivity index (χ0n) is 17.5. The summed E-state index contributed by atoms with van der Waals surface area (Å²) in [5, 5.41) is 11.6. The monoisotopic (exact) mass is 480 g/mol. The molecule has 33 heavy (non-hydrogen) atoms. The van der Waals surface area contributed by atoms with Crippen LogP contribution in [0.4, 0.5) is 18.0 Å². The number of nitrogens with one attached hydrogen (secondary N) is 4. The lowest BCUT2D eigenvalue weighted by atomic mass is 9.91. The number of alkyl halides is 3. The first kappa shape index (κ1) is 23.5. The Morgan fingerprint density at radius 1 is 1.18 bits per heavy atom. The molecule has 4 rings (SSSR count). The average molecular weight is 481 g/mol. The number of carbonyl (C=O) groups excluding carboxylic acids is 2. The fourth-order valence-electron chi connectivity index (χ4n) is 3.95. The SMILES string of the molecule is O=C1NC(=O)/C(=C/C2=CC=NC(NC3CCC(NCc4ncccc4C(F)(F)F)CC3)N2)S1. The second-order valence-corrected chi connectivity index (χ2v) is 8.93. The lowest BCUT2D eigenvalue weighted by Gasteiger charge is -2.32. The molecule has 12 heteroatoms. The Bertz CT molecular complexity index is 1000. The summed E-state index contributed by atoms with van der Waals surface area (Å²) in [5.41, 5.74) is -0.0259. The molecule has 1 saturated heterocycles. The number of imide groups is 1. The zero-order valence-corrected chi connectivity index (χ0v) is 18.3. The molecule has 3 aliphatic rings. The minimum Gasteiger partial charge on any atom is -0.351 e. The summed E-state index contributed by atoms with van der Waals surface area (Å²) in [5.74, 6) is -0.418. The molecule has 1 atom stereocenters. The van der Waals surface area contributed by atoms with Crippen LogP contribution < -0.4 is 21.3 Å². The number of thioether (sulfide) groups is 1. The molecule has 0 aromatic carbocycles. The minimum absolute atomic E-state index is 0.00948. The number of carbonyl (C=O) groups is 2. The fourth-order valence-corrected chi connectivity index (χ4v) is 4.63. The van der Waals surface area contributed by atoms with Gasteiger partial charge in [0.25, 0.3) is 11.1 Å². The lowest BCUT2D eigenvalue weighted by Crippen LogP contribution is -2.49. The lowest BCUT2D eigenvalue weighted by molar-refractivity contribution is -0.138. The number of hydrogen-bond acceptors (Lipinski definition) is 8. The third-order valence-electron chi connectivity index (χ3n) is 5.60. The molecule has 0 spiro atoms. The van der Waals surface area contributed by atoms with Crippen molar-refractivity contribution in [1.29, 1.82) is 0 Å². The Balaban J connectivity index is 1.23. The van der Waals surface area contributed by atoms with E-state index in [4.69, 9.17) is 0 Å². The molecule has 2 amide bonds. The number of halogens is 3. The summed E-state index contributed by atoms with van der Waals surface area (Å²) in [7, 11) is 0. The fraction of sp³-hybridized carbons (Fsp3) is 0.429. The van der Waals surface area contributed by atoms with Crippen molar-refractivity contribution in [3.63, 3.8) is 0 Å². The normalized spacial score (nSPS) is 26.8. The van der Waals surface area contributed by atoms with E-state index in [9.17, 15) is 22.8 Å². The molecule has 1 aromatic heterocycles. The molecule has 1 unspecified atom stereocenters. The Labute approximate surface area is 192 Å². The molecule has 8 nitrogen and oxygen atoms in total. The second kappa shape index (κ2) is 10.1. The van der Waals surface area contributed by atoms with E-state index in [2.05, 4.69) is 31.2 Å². The number of allylic oxidation sites excluding steroid dienone is 2. The van der Waals surface area contributed by atoms with Gasteiger partial charge < -0.3 is 10.6 Å². The highest BCUT2D eigenvalue weighted by atomic mass is 32.2. The van der Waals surface area contributed by atoms with Crippen molar-refractivity contribution < 1.29 is 22.8 Å². The first-order valence-corrected chi connectivity index (χ1v) is 11.3. The first-order chi connectivity index (χ1) is 15.8. The van der Waals surface area contributed by atoms with Crippen LogP contribution in [-0.2, 0) is 17.5 Å². The third-order valence-corrected chi connectivity index (χ3v) is 6.41. The molecule has 2 fully saturated rings. The molecular formula is C21H23F3N6O2S. The van der Waals surface area contributed by atoms with Gasteiger partial charge in [-0.1, -0.05) is 0 Å². The number of aromatic nitrogens is 1. The van der Waals surface area contributed by atoms with Crippen LogP contribution in [0.1, 0.15) is 36.9 Å². The average Bonchev–Trinajstić information content (AvgIpc) is 3.09. The zero-order chi connectivity index (χ0) is 23.4. The summed E-state index contributed by atoms with van der Waals surface area (Å²) < 4.78 is 39.4. The van der Waals surface area contributed by atoms with Crippen molar-refractivity contribution in [3.8, 4) is 0 Å². The van der Waals surface area contributed by atoms with Gasteiger partial charge in [0.2, 0.25) is 0 Å². The van der Waals surface area contributed by atoms with Gasteiger partial charge in [-0.05, 0) is 61.7 Å². The van der Waals surface area contributed by atoms with Gasteiger partial charge >= 0.3 is 6.18 Å². The van der Waals surface area contributed by atoms with Gasteiger partial charge in [-0.2, -0.15) is 13.2 Å². The van der Waals surface area contributed by atoms with Crippen molar-refractivity contribution in [2.45, 2.75) is 56.8 Å². The second-order valence-electron chi connectivity index (χ2n) is 7.91. The Morgan fingerprint density at radius 2 is 1.94 bits per heavy atom. The Kier molecular flexibility index (Phi) is 7.15. The summed E-state index contributed by atoms with van der Waals surface area (Å²) in [6.07, 6.45) is 4.86. The van der Waals surface area contributed by atoms with E-state index in [-0.39, 0.29) is 30.6 Å². The smallest absolute Gasteiger partial charge is 0.351 e. The number of pyridine rings is 1. The molecular weight excluding hydrogens is 457 g/mol. The van der Waals surface area contributed by atoms with Crippen LogP contribution in [0.3, 0.4) is 0 Å². The maximum atomic E-state index is 13.1. The van der Waals surface area contributed by atoms with Crippen LogP contribution in [0.15, 0.2) is 46.1 Å². The van der Waals surface area contributed by atoms with Crippen molar-refractivity contribution in [2.24, 2.45) is 4.99 Å². The van der Waals surface area contributed by atoms with Crippen molar-refractivity contribution in [2.75, 3.05) is 0 Å². The van der Waals surface area contributed by atoms with Crippen LogP contribution in [0.2, 0.25) is 0 Å². The van der Waals surface area contributed by atoms with E-state index in [0.717, 1.165) is 43.5 Å². The Hall–Kier alpha value is -2.70.